The molecule has 0 radical (unpaired) electrons. The minimum atomic E-state index is -0.0700. The summed E-state index contributed by atoms with van der Waals surface area (Å²) in [5.41, 5.74) is 3.82. The summed E-state index contributed by atoms with van der Waals surface area (Å²) in [4.78, 5) is 0. The van der Waals surface area contributed by atoms with Crippen LogP contribution in [0.2, 0.25) is 0 Å². The summed E-state index contributed by atoms with van der Waals surface area (Å²) in [5.74, 6) is 0.513. The molecule has 0 spiro atoms. The second-order valence-electron chi connectivity index (χ2n) is 6.78. The summed E-state index contributed by atoms with van der Waals surface area (Å²) in [5, 5.41) is 37.4. The van der Waals surface area contributed by atoms with Crippen LogP contribution < -0.4 is 0 Å². The summed E-state index contributed by atoms with van der Waals surface area (Å²) in [6.45, 7) is 5.87. The minimum absolute atomic E-state index is 0.0545. The highest BCUT2D eigenvalue weighted by Gasteiger charge is 2.20. The lowest BCUT2D eigenvalue weighted by atomic mass is 9.98. The molecule has 2 aromatic heterocycles. The van der Waals surface area contributed by atoms with Gasteiger partial charge in [0.2, 0.25) is 0 Å². The Morgan fingerprint density at radius 1 is 1.07 bits per heavy atom. The Labute approximate surface area is 161 Å². The number of hydrogen-bond acceptors (Lipinski definition) is 6. The molecule has 0 aliphatic heterocycles. The number of phenols is 2. The summed E-state index contributed by atoms with van der Waals surface area (Å²) in [7, 11) is 0. The van der Waals surface area contributed by atoms with Crippen LogP contribution >= 0.6 is 12.6 Å². The number of nitrogens with zero attached hydrogens (tertiary/aromatic N) is 4. The third-order valence-corrected chi connectivity index (χ3v) is 4.94. The third-order valence-electron chi connectivity index (χ3n) is 4.65. The van der Waals surface area contributed by atoms with E-state index in [0.717, 1.165) is 27.8 Å². The van der Waals surface area contributed by atoms with Gasteiger partial charge >= 0.3 is 0 Å². The fraction of sp³-hybridized carbons (Fsp3) is 0.211. The van der Waals surface area contributed by atoms with Gasteiger partial charge in [-0.05, 0) is 42.7 Å². The predicted octanol–water partition coefficient (Wildman–Crippen LogP) is 3.94. The Kier molecular flexibility index (Phi) is 4.07. The van der Waals surface area contributed by atoms with Crippen LogP contribution in [0.1, 0.15) is 31.0 Å². The number of fused-ring (bicyclic) bond motifs is 1. The van der Waals surface area contributed by atoms with Crippen LogP contribution in [0.3, 0.4) is 0 Å². The molecule has 0 saturated carbocycles. The maximum Gasteiger partial charge on any atom is 0.193 e. The van der Waals surface area contributed by atoms with Crippen molar-refractivity contribution in [2.45, 2.75) is 31.8 Å². The third kappa shape index (κ3) is 2.82. The second kappa shape index (κ2) is 6.31. The van der Waals surface area contributed by atoms with E-state index in [0.29, 0.717) is 16.5 Å². The molecule has 27 heavy (non-hydrogen) atoms. The number of aromatic amines is 1. The number of hydrogen-bond donors (Lipinski definition) is 4. The van der Waals surface area contributed by atoms with Gasteiger partial charge in [-0.2, -0.15) is 5.10 Å². The van der Waals surface area contributed by atoms with Gasteiger partial charge in [-0.3, -0.25) is 9.67 Å². The molecule has 3 N–H and O–H groups in total. The Balaban J connectivity index is 1.94. The molecule has 0 saturated heterocycles. The first kappa shape index (κ1) is 17.4. The molecule has 0 aliphatic rings. The van der Waals surface area contributed by atoms with Crippen molar-refractivity contribution in [1.82, 2.24) is 25.0 Å². The molecule has 138 valence electrons. The molecule has 0 unspecified atom stereocenters. The lowest BCUT2D eigenvalue weighted by molar-refractivity contribution is 0.444. The van der Waals surface area contributed by atoms with Crippen molar-refractivity contribution >= 4 is 23.5 Å². The van der Waals surface area contributed by atoms with Crippen LogP contribution in [0.4, 0.5) is 0 Å². The van der Waals surface area contributed by atoms with Gasteiger partial charge in [-0.1, -0.05) is 13.8 Å². The van der Waals surface area contributed by atoms with E-state index in [1.807, 2.05) is 39.0 Å². The normalized spacial score (nSPS) is 11.6. The molecule has 0 aliphatic carbocycles. The molecule has 2 heterocycles. The van der Waals surface area contributed by atoms with E-state index >= 15 is 0 Å². The smallest absolute Gasteiger partial charge is 0.193 e. The number of benzene rings is 2. The average molecular weight is 381 g/mol. The molecule has 4 aromatic rings. The average Bonchev–Trinajstić information content (AvgIpc) is 3.17. The van der Waals surface area contributed by atoms with Crippen molar-refractivity contribution in [1.29, 1.82) is 0 Å². The zero-order valence-corrected chi connectivity index (χ0v) is 16.0. The summed E-state index contributed by atoms with van der Waals surface area (Å²) in [6, 6.07) is 8.89. The molecule has 0 amide bonds. The van der Waals surface area contributed by atoms with Gasteiger partial charge < -0.3 is 10.2 Å². The van der Waals surface area contributed by atoms with Crippen molar-refractivity contribution in [3.8, 4) is 28.6 Å². The van der Waals surface area contributed by atoms with E-state index in [-0.39, 0.29) is 17.4 Å². The Morgan fingerprint density at radius 2 is 1.85 bits per heavy atom. The molecule has 0 atom stereocenters. The Bertz CT molecular complexity index is 1160. The van der Waals surface area contributed by atoms with E-state index in [4.69, 9.17) is 0 Å². The van der Waals surface area contributed by atoms with Gasteiger partial charge in [-0.15, -0.1) is 22.8 Å². The lowest BCUT2D eigenvalue weighted by Crippen LogP contribution is -2.00. The molecule has 0 fully saturated rings. The first-order chi connectivity index (χ1) is 12.9. The van der Waals surface area contributed by atoms with Crippen LogP contribution in [0, 0.1) is 6.92 Å². The lowest BCUT2D eigenvalue weighted by Gasteiger charge is -2.14. The number of rotatable bonds is 3. The highest BCUT2D eigenvalue weighted by Crippen LogP contribution is 2.38. The molecule has 7 nitrogen and oxygen atoms in total. The second-order valence-corrected chi connectivity index (χ2v) is 7.18. The standard InChI is InChI=1S/C19H19N5O2S/c1-9(2)12-7-14(17(26)8-16(12)25)18-22-23-19(27)24(18)11-4-5-15-13(6-11)10(3)20-21-15/h4-9,25-26H,1-3H3,(H,20,21)(H,23,27). The van der Waals surface area contributed by atoms with E-state index in [9.17, 15) is 10.2 Å². The van der Waals surface area contributed by atoms with Gasteiger partial charge in [0.15, 0.2) is 11.0 Å². The number of H-pyrrole nitrogens is 1. The zero-order valence-electron chi connectivity index (χ0n) is 15.1. The topological polar surface area (TPSA) is 99.9 Å². The number of phenolic OH excluding ortho intramolecular Hbond substituents is 2. The monoisotopic (exact) mass is 381 g/mol. The fourth-order valence-electron chi connectivity index (χ4n) is 3.20. The van der Waals surface area contributed by atoms with Crippen molar-refractivity contribution < 1.29 is 10.2 Å². The molecule has 0 bridgehead atoms. The van der Waals surface area contributed by atoms with Crippen molar-refractivity contribution in [3.05, 3.63) is 41.6 Å². The maximum atomic E-state index is 10.4. The van der Waals surface area contributed by atoms with E-state index in [2.05, 4.69) is 33.0 Å². The Morgan fingerprint density at radius 3 is 2.59 bits per heavy atom. The van der Waals surface area contributed by atoms with Gasteiger partial charge in [0.1, 0.15) is 11.5 Å². The Hall–Kier alpha value is -3.00. The summed E-state index contributed by atoms with van der Waals surface area (Å²) in [6.07, 6.45) is 0. The van der Waals surface area contributed by atoms with Crippen LogP contribution in [-0.4, -0.2) is 35.2 Å². The summed E-state index contributed by atoms with van der Waals surface area (Å²) < 4.78 is 1.76. The largest absolute Gasteiger partial charge is 0.508 e. The van der Waals surface area contributed by atoms with Gasteiger partial charge in [-0.25, -0.2) is 0 Å². The first-order valence-electron chi connectivity index (χ1n) is 8.52. The highest BCUT2D eigenvalue weighted by molar-refractivity contribution is 7.80. The van der Waals surface area contributed by atoms with Crippen molar-refractivity contribution in [2.75, 3.05) is 0 Å². The number of aromatic hydroxyl groups is 2. The zero-order chi connectivity index (χ0) is 19.3. The van der Waals surface area contributed by atoms with Crippen LogP contribution in [0.15, 0.2) is 35.5 Å². The van der Waals surface area contributed by atoms with Crippen LogP contribution in [-0.2, 0) is 0 Å². The summed E-state index contributed by atoms with van der Waals surface area (Å²) >= 11 is 4.44. The molecule has 8 heteroatoms. The highest BCUT2D eigenvalue weighted by atomic mass is 32.1. The molecular weight excluding hydrogens is 362 g/mol. The predicted molar refractivity (Wildman–Crippen MR) is 106 cm³/mol. The van der Waals surface area contributed by atoms with E-state index in [1.54, 1.807) is 10.6 Å². The van der Waals surface area contributed by atoms with Gasteiger partial charge in [0.25, 0.3) is 0 Å². The molecule has 4 rings (SSSR count). The molecular formula is C19H19N5O2S. The van der Waals surface area contributed by atoms with E-state index in [1.165, 1.54) is 6.07 Å². The quantitative estimate of drug-likeness (QED) is 0.403. The maximum absolute atomic E-state index is 10.4. The number of aromatic nitrogens is 5. The van der Waals surface area contributed by atoms with Gasteiger partial charge in [0, 0.05) is 11.5 Å². The van der Waals surface area contributed by atoms with Gasteiger partial charge in [0.05, 0.1) is 22.5 Å². The number of nitrogens with one attached hydrogen (secondary N) is 1. The van der Waals surface area contributed by atoms with Crippen molar-refractivity contribution in [3.63, 3.8) is 0 Å². The van der Waals surface area contributed by atoms with Crippen molar-refractivity contribution in [2.24, 2.45) is 0 Å². The van der Waals surface area contributed by atoms with Crippen LogP contribution in [0.5, 0.6) is 11.5 Å². The SMILES string of the molecule is Cc1n[nH]c2ccc(-n3c(S)nnc3-c3cc(C(C)C)c(O)cc3O)cc12. The minimum Gasteiger partial charge on any atom is -0.508 e. The molecule has 2 aromatic carbocycles. The fourth-order valence-corrected chi connectivity index (χ4v) is 3.45. The first-order valence-corrected chi connectivity index (χ1v) is 8.97. The number of aryl methyl sites for hydroxylation is 1. The van der Waals surface area contributed by atoms with E-state index < -0.39 is 0 Å². The number of thiol groups is 1. The van der Waals surface area contributed by atoms with Crippen LogP contribution in [0.25, 0.3) is 28.0 Å².